The summed E-state index contributed by atoms with van der Waals surface area (Å²) in [5.74, 6) is 0.630. The third kappa shape index (κ3) is 2.05. The zero-order valence-corrected chi connectivity index (χ0v) is 10.6. The summed E-state index contributed by atoms with van der Waals surface area (Å²) in [6.45, 7) is 3.89. The van der Waals surface area contributed by atoms with Gasteiger partial charge in [0.1, 0.15) is 10.1 Å². The lowest BCUT2D eigenvalue weighted by atomic mass is 10.3. The third-order valence-electron chi connectivity index (χ3n) is 2.16. The van der Waals surface area contributed by atoms with Gasteiger partial charge in [0.05, 0.1) is 11.2 Å². The number of amides is 1. The summed E-state index contributed by atoms with van der Waals surface area (Å²) in [7, 11) is 0. The molecule has 0 N–H and O–H groups in total. The molecule has 0 unspecified atom stereocenters. The van der Waals surface area contributed by atoms with Gasteiger partial charge in [0.25, 0.3) is 5.91 Å². The van der Waals surface area contributed by atoms with E-state index in [0.29, 0.717) is 15.0 Å². The molecule has 1 amide bonds. The minimum atomic E-state index is -0.0404. The Balaban J connectivity index is 2.27. The van der Waals surface area contributed by atoms with Crippen molar-refractivity contribution in [3.05, 3.63) is 29.1 Å². The van der Waals surface area contributed by atoms with Crippen LogP contribution in [0.4, 0.5) is 0 Å². The van der Waals surface area contributed by atoms with E-state index >= 15 is 0 Å². The fraction of sp³-hybridized carbons (Fsp3) is 0.273. The van der Waals surface area contributed by atoms with Crippen LogP contribution in [0.25, 0.3) is 6.08 Å². The molecule has 16 heavy (non-hydrogen) atoms. The predicted molar refractivity (Wildman–Crippen MR) is 68.9 cm³/mol. The second kappa shape index (κ2) is 4.43. The predicted octanol–water partition coefficient (Wildman–Crippen LogP) is 2.89. The fourth-order valence-corrected chi connectivity index (χ4v) is 2.93. The van der Waals surface area contributed by atoms with Gasteiger partial charge in [-0.1, -0.05) is 24.0 Å². The second-order valence-corrected chi connectivity index (χ2v) is 5.34. The number of hydrogen-bond acceptors (Lipinski definition) is 4. The highest BCUT2D eigenvalue weighted by molar-refractivity contribution is 8.26. The Morgan fingerprint density at radius 1 is 1.56 bits per heavy atom. The number of rotatable bonds is 2. The van der Waals surface area contributed by atoms with Crippen LogP contribution < -0.4 is 0 Å². The van der Waals surface area contributed by atoms with E-state index in [0.717, 1.165) is 0 Å². The SMILES string of the molecule is CC(C)N1C(=O)C(=Cc2ccco2)SC1=S. The summed E-state index contributed by atoms with van der Waals surface area (Å²) in [5.41, 5.74) is 0. The Morgan fingerprint density at radius 3 is 2.81 bits per heavy atom. The van der Waals surface area contributed by atoms with Gasteiger partial charge < -0.3 is 4.42 Å². The normalized spacial score (nSPS) is 19.2. The lowest BCUT2D eigenvalue weighted by molar-refractivity contribution is -0.123. The Morgan fingerprint density at radius 2 is 2.31 bits per heavy atom. The molecule has 0 bridgehead atoms. The molecular formula is C11H11NO2S2. The maximum Gasteiger partial charge on any atom is 0.266 e. The number of thioether (sulfide) groups is 1. The van der Waals surface area contributed by atoms with E-state index < -0.39 is 0 Å². The Labute approximate surface area is 103 Å². The molecule has 3 nitrogen and oxygen atoms in total. The summed E-state index contributed by atoms with van der Waals surface area (Å²) >= 11 is 6.48. The maximum absolute atomic E-state index is 12.0. The highest BCUT2D eigenvalue weighted by atomic mass is 32.2. The summed E-state index contributed by atoms with van der Waals surface area (Å²) in [5, 5.41) is 0. The molecule has 84 valence electrons. The summed E-state index contributed by atoms with van der Waals surface area (Å²) < 4.78 is 5.78. The molecule has 1 fully saturated rings. The molecule has 2 heterocycles. The molecular weight excluding hydrogens is 242 g/mol. The molecule has 0 aliphatic carbocycles. The number of carbonyl (C=O) groups excluding carboxylic acids is 1. The topological polar surface area (TPSA) is 33.5 Å². The van der Waals surface area contributed by atoms with Gasteiger partial charge in [0.15, 0.2) is 0 Å². The quantitative estimate of drug-likeness (QED) is 0.599. The van der Waals surface area contributed by atoms with Gasteiger partial charge in [-0.2, -0.15) is 0 Å². The van der Waals surface area contributed by atoms with Crippen LogP contribution in [0.5, 0.6) is 0 Å². The first-order chi connectivity index (χ1) is 7.59. The number of carbonyl (C=O) groups is 1. The molecule has 1 saturated heterocycles. The van der Waals surface area contributed by atoms with Crippen molar-refractivity contribution in [2.24, 2.45) is 0 Å². The van der Waals surface area contributed by atoms with Crippen LogP contribution in [0.3, 0.4) is 0 Å². The zero-order valence-electron chi connectivity index (χ0n) is 8.97. The highest BCUT2D eigenvalue weighted by Crippen LogP contribution is 2.33. The number of nitrogens with zero attached hydrogens (tertiary/aromatic N) is 1. The van der Waals surface area contributed by atoms with Crippen LogP contribution in [0.1, 0.15) is 19.6 Å². The number of hydrogen-bond donors (Lipinski definition) is 0. The second-order valence-electron chi connectivity index (χ2n) is 3.66. The van der Waals surface area contributed by atoms with Crippen molar-refractivity contribution >= 4 is 40.3 Å². The summed E-state index contributed by atoms with van der Waals surface area (Å²) in [6.07, 6.45) is 3.30. The van der Waals surface area contributed by atoms with Crippen LogP contribution in [-0.2, 0) is 4.79 Å². The first kappa shape index (κ1) is 11.4. The Bertz CT molecular complexity index is 449. The average molecular weight is 253 g/mol. The standard InChI is InChI=1S/C11H11NO2S2/c1-7(2)12-10(13)9(16-11(12)15)6-8-4-3-5-14-8/h3-7H,1-2H3. The van der Waals surface area contributed by atoms with Gasteiger partial charge in [0, 0.05) is 12.1 Å². The maximum atomic E-state index is 12.0. The molecule has 0 saturated carbocycles. The van der Waals surface area contributed by atoms with E-state index in [4.69, 9.17) is 16.6 Å². The van der Waals surface area contributed by atoms with Gasteiger partial charge >= 0.3 is 0 Å². The average Bonchev–Trinajstić information content (AvgIpc) is 2.76. The Hall–Kier alpha value is -1.07. The van der Waals surface area contributed by atoms with E-state index in [1.165, 1.54) is 11.8 Å². The third-order valence-corrected chi connectivity index (χ3v) is 3.49. The van der Waals surface area contributed by atoms with Crippen LogP contribution in [-0.4, -0.2) is 21.2 Å². The number of furan rings is 1. The smallest absolute Gasteiger partial charge is 0.266 e. The summed E-state index contributed by atoms with van der Waals surface area (Å²) in [6, 6.07) is 3.69. The van der Waals surface area contributed by atoms with Crippen molar-refractivity contribution in [2.75, 3.05) is 0 Å². The van der Waals surface area contributed by atoms with Crippen molar-refractivity contribution in [1.29, 1.82) is 0 Å². The van der Waals surface area contributed by atoms with Crippen molar-refractivity contribution in [3.8, 4) is 0 Å². The van der Waals surface area contributed by atoms with Crippen molar-refractivity contribution in [3.63, 3.8) is 0 Å². The fourth-order valence-electron chi connectivity index (χ4n) is 1.43. The Kier molecular flexibility index (Phi) is 3.16. The first-order valence-electron chi connectivity index (χ1n) is 4.90. The van der Waals surface area contributed by atoms with Gasteiger partial charge in [-0.15, -0.1) is 0 Å². The van der Waals surface area contributed by atoms with Crippen LogP contribution in [0, 0.1) is 0 Å². The van der Waals surface area contributed by atoms with E-state index in [9.17, 15) is 4.79 Å². The lowest BCUT2D eigenvalue weighted by Gasteiger charge is -2.18. The molecule has 0 radical (unpaired) electrons. The zero-order chi connectivity index (χ0) is 11.7. The van der Waals surface area contributed by atoms with Gasteiger partial charge in [-0.25, -0.2) is 0 Å². The minimum Gasteiger partial charge on any atom is -0.465 e. The van der Waals surface area contributed by atoms with Crippen LogP contribution in [0.2, 0.25) is 0 Å². The van der Waals surface area contributed by atoms with E-state index in [-0.39, 0.29) is 11.9 Å². The first-order valence-corrected chi connectivity index (χ1v) is 6.12. The largest absolute Gasteiger partial charge is 0.465 e. The van der Waals surface area contributed by atoms with Gasteiger partial charge in [-0.3, -0.25) is 9.69 Å². The van der Waals surface area contributed by atoms with E-state index in [1.54, 1.807) is 23.3 Å². The molecule has 2 rings (SSSR count). The molecule has 5 heteroatoms. The van der Waals surface area contributed by atoms with Crippen molar-refractivity contribution < 1.29 is 9.21 Å². The monoisotopic (exact) mass is 253 g/mol. The minimum absolute atomic E-state index is 0.0404. The van der Waals surface area contributed by atoms with E-state index in [2.05, 4.69) is 0 Å². The molecule has 0 spiro atoms. The molecule has 1 aliphatic rings. The highest BCUT2D eigenvalue weighted by Gasteiger charge is 2.33. The molecule has 1 aliphatic heterocycles. The molecule has 0 atom stereocenters. The molecule has 1 aromatic heterocycles. The van der Waals surface area contributed by atoms with Crippen LogP contribution in [0.15, 0.2) is 27.7 Å². The van der Waals surface area contributed by atoms with Gasteiger partial charge in [0.2, 0.25) is 0 Å². The summed E-state index contributed by atoms with van der Waals surface area (Å²) in [4.78, 5) is 14.2. The van der Waals surface area contributed by atoms with Crippen LogP contribution >= 0.6 is 24.0 Å². The van der Waals surface area contributed by atoms with Gasteiger partial charge in [-0.05, 0) is 26.0 Å². The van der Waals surface area contributed by atoms with E-state index in [1.807, 2.05) is 19.9 Å². The lowest BCUT2D eigenvalue weighted by Crippen LogP contribution is -2.34. The number of thiocarbonyl (C=S) groups is 1. The van der Waals surface area contributed by atoms with Crippen molar-refractivity contribution in [2.45, 2.75) is 19.9 Å². The molecule has 0 aromatic carbocycles. The molecule has 1 aromatic rings. The van der Waals surface area contributed by atoms with Crippen molar-refractivity contribution in [1.82, 2.24) is 4.90 Å².